The van der Waals surface area contributed by atoms with Gasteiger partial charge in [0.25, 0.3) is 0 Å². The van der Waals surface area contributed by atoms with Gasteiger partial charge < -0.3 is 15.4 Å². The van der Waals surface area contributed by atoms with Crippen LogP contribution in [0.25, 0.3) is 0 Å². The second-order valence-electron chi connectivity index (χ2n) is 6.03. The molecular weight excluding hydrogens is 244 g/mol. The monoisotopic (exact) mass is 268 g/mol. The maximum atomic E-state index is 12.1. The Morgan fingerprint density at radius 2 is 1.95 bits per heavy atom. The van der Waals surface area contributed by atoms with Crippen molar-refractivity contribution in [3.05, 3.63) is 0 Å². The van der Waals surface area contributed by atoms with Gasteiger partial charge in [-0.25, -0.2) is 0 Å². The zero-order valence-electron chi connectivity index (χ0n) is 11.8. The number of carbonyl (C=O) groups excluding carboxylic acids is 2. The van der Waals surface area contributed by atoms with Crippen molar-refractivity contribution in [3.63, 3.8) is 0 Å². The third-order valence-corrected chi connectivity index (χ3v) is 3.80. The molecule has 2 rings (SSSR count). The molecule has 0 aromatic rings. The van der Waals surface area contributed by atoms with Crippen molar-refractivity contribution in [2.75, 3.05) is 19.7 Å². The van der Waals surface area contributed by atoms with Gasteiger partial charge >= 0.3 is 0 Å². The molecule has 108 valence electrons. The molecule has 2 N–H and O–H groups in total. The minimum absolute atomic E-state index is 0.119. The molecule has 1 saturated carbocycles. The van der Waals surface area contributed by atoms with Crippen molar-refractivity contribution in [3.8, 4) is 0 Å². The molecule has 1 aliphatic heterocycles. The largest absolute Gasteiger partial charge is 0.376 e. The first-order valence-corrected chi connectivity index (χ1v) is 7.23. The maximum absolute atomic E-state index is 12.1. The minimum atomic E-state index is -0.798. The third-order valence-electron chi connectivity index (χ3n) is 3.80. The number of amides is 2. The SMILES string of the molecule is CC(C)CNC(=O)C1(C(=O)NCC2CCCO2)CC1. The summed E-state index contributed by atoms with van der Waals surface area (Å²) in [5.74, 6) is 0.144. The zero-order valence-corrected chi connectivity index (χ0v) is 11.8. The van der Waals surface area contributed by atoms with Crippen LogP contribution in [0, 0.1) is 11.3 Å². The molecule has 0 bridgehead atoms. The van der Waals surface area contributed by atoms with Crippen LogP contribution in [0.2, 0.25) is 0 Å². The summed E-state index contributed by atoms with van der Waals surface area (Å²) < 4.78 is 5.46. The summed E-state index contributed by atoms with van der Waals surface area (Å²) in [5.41, 5.74) is -0.798. The van der Waals surface area contributed by atoms with E-state index in [4.69, 9.17) is 4.74 Å². The number of rotatable bonds is 6. The lowest BCUT2D eigenvalue weighted by Gasteiger charge is -2.17. The average Bonchev–Trinajstić information content (AvgIpc) is 3.03. The lowest BCUT2D eigenvalue weighted by molar-refractivity contribution is -0.137. The second-order valence-corrected chi connectivity index (χ2v) is 6.03. The number of carbonyl (C=O) groups is 2. The lowest BCUT2D eigenvalue weighted by atomic mass is 10.0. The van der Waals surface area contributed by atoms with E-state index in [0.29, 0.717) is 31.8 Å². The normalized spacial score (nSPS) is 24.3. The average molecular weight is 268 g/mol. The Bertz CT molecular complexity index is 345. The van der Waals surface area contributed by atoms with Crippen LogP contribution < -0.4 is 10.6 Å². The Labute approximate surface area is 114 Å². The lowest BCUT2D eigenvalue weighted by Crippen LogP contribution is -2.45. The Kier molecular flexibility index (Phi) is 4.45. The molecule has 2 aliphatic rings. The summed E-state index contributed by atoms with van der Waals surface area (Å²) in [6.45, 7) is 6.01. The second kappa shape index (κ2) is 5.90. The van der Waals surface area contributed by atoms with Gasteiger partial charge in [-0.2, -0.15) is 0 Å². The Balaban J connectivity index is 1.78. The van der Waals surface area contributed by atoms with Gasteiger partial charge in [-0.1, -0.05) is 13.8 Å². The molecule has 0 aromatic heterocycles. The van der Waals surface area contributed by atoms with Crippen LogP contribution in [-0.2, 0) is 14.3 Å². The predicted octanol–water partition coefficient (Wildman–Crippen LogP) is 0.834. The van der Waals surface area contributed by atoms with Crippen molar-refractivity contribution < 1.29 is 14.3 Å². The van der Waals surface area contributed by atoms with E-state index in [2.05, 4.69) is 10.6 Å². The topological polar surface area (TPSA) is 67.4 Å². The van der Waals surface area contributed by atoms with E-state index < -0.39 is 5.41 Å². The molecule has 2 fully saturated rings. The molecule has 5 heteroatoms. The quantitative estimate of drug-likeness (QED) is 0.701. The van der Waals surface area contributed by atoms with E-state index >= 15 is 0 Å². The Morgan fingerprint density at radius 3 is 2.47 bits per heavy atom. The first-order valence-electron chi connectivity index (χ1n) is 7.23. The van der Waals surface area contributed by atoms with Crippen molar-refractivity contribution in [1.82, 2.24) is 10.6 Å². The number of hydrogen-bond donors (Lipinski definition) is 2. The Morgan fingerprint density at radius 1 is 1.26 bits per heavy atom. The van der Waals surface area contributed by atoms with E-state index in [-0.39, 0.29) is 17.9 Å². The molecule has 1 unspecified atom stereocenters. The highest BCUT2D eigenvalue weighted by Gasteiger charge is 2.56. The van der Waals surface area contributed by atoms with Gasteiger partial charge in [-0.15, -0.1) is 0 Å². The summed E-state index contributed by atoms with van der Waals surface area (Å²) in [6.07, 6.45) is 3.49. The highest BCUT2D eigenvalue weighted by Crippen LogP contribution is 2.46. The van der Waals surface area contributed by atoms with E-state index in [0.717, 1.165) is 19.4 Å². The van der Waals surface area contributed by atoms with Crippen LogP contribution in [0.4, 0.5) is 0 Å². The van der Waals surface area contributed by atoms with Crippen LogP contribution in [0.3, 0.4) is 0 Å². The smallest absolute Gasteiger partial charge is 0.235 e. The first kappa shape index (κ1) is 14.3. The van der Waals surface area contributed by atoms with Crippen LogP contribution in [0.1, 0.15) is 39.5 Å². The third kappa shape index (κ3) is 3.47. The molecule has 1 heterocycles. The van der Waals surface area contributed by atoms with E-state index in [1.165, 1.54) is 0 Å². The van der Waals surface area contributed by atoms with Gasteiger partial charge in [-0.3, -0.25) is 9.59 Å². The van der Waals surface area contributed by atoms with Crippen LogP contribution in [0.5, 0.6) is 0 Å². The molecule has 1 aliphatic carbocycles. The molecule has 1 atom stereocenters. The summed E-state index contributed by atoms with van der Waals surface area (Å²) in [6, 6.07) is 0. The van der Waals surface area contributed by atoms with Gasteiger partial charge in [-0.05, 0) is 31.6 Å². The summed E-state index contributed by atoms with van der Waals surface area (Å²) in [5, 5.41) is 5.73. The van der Waals surface area contributed by atoms with Crippen molar-refractivity contribution in [1.29, 1.82) is 0 Å². The molecule has 0 aromatic carbocycles. The van der Waals surface area contributed by atoms with Crippen LogP contribution in [-0.4, -0.2) is 37.6 Å². The molecule has 0 spiro atoms. The van der Waals surface area contributed by atoms with Crippen LogP contribution >= 0.6 is 0 Å². The van der Waals surface area contributed by atoms with Gasteiger partial charge in [0.05, 0.1) is 6.10 Å². The van der Waals surface area contributed by atoms with Crippen molar-refractivity contribution in [2.24, 2.45) is 11.3 Å². The summed E-state index contributed by atoms with van der Waals surface area (Å²) in [7, 11) is 0. The van der Waals surface area contributed by atoms with E-state index in [1.807, 2.05) is 13.8 Å². The van der Waals surface area contributed by atoms with Gasteiger partial charge in [0.2, 0.25) is 11.8 Å². The molecular formula is C14H24N2O3. The fourth-order valence-electron chi connectivity index (χ4n) is 2.33. The highest BCUT2D eigenvalue weighted by molar-refractivity contribution is 6.07. The predicted molar refractivity (Wildman–Crippen MR) is 71.5 cm³/mol. The maximum Gasteiger partial charge on any atom is 0.235 e. The Hall–Kier alpha value is -1.10. The molecule has 1 saturated heterocycles. The van der Waals surface area contributed by atoms with Gasteiger partial charge in [0.1, 0.15) is 5.41 Å². The fourth-order valence-corrected chi connectivity index (χ4v) is 2.33. The molecule has 0 radical (unpaired) electrons. The first-order chi connectivity index (χ1) is 9.04. The van der Waals surface area contributed by atoms with E-state index in [1.54, 1.807) is 0 Å². The number of ether oxygens (including phenoxy) is 1. The molecule has 5 nitrogen and oxygen atoms in total. The summed E-state index contributed by atoms with van der Waals surface area (Å²) in [4.78, 5) is 24.2. The summed E-state index contributed by atoms with van der Waals surface area (Å²) >= 11 is 0. The zero-order chi connectivity index (χ0) is 13.9. The standard InChI is InChI=1S/C14H24N2O3/c1-10(2)8-15-12(17)14(5-6-14)13(18)16-9-11-4-3-7-19-11/h10-11H,3-9H2,1-2H3,(H,15,17)(H,16,18). The number of hydrogen-bond acceptors (Lipinski definition) is 3. The van der Waals surface area contributed by atoms with Gasteiger partial charge in [0, 0.05) is 19.7 Å². The minimum Gasteiger partial charge on any atom is -0.376 e. The van der Waals surface area contributed by atoms with Gasteiger partial charge in [0.15, 0.2) is 0 Å². The molecule has 19 heavy (non-hydrogen) atoms. The highest BCUT2D eigenvalue weighted by atomic mass is 16.5. The van der Waals surface area contributed by atoms with Crippen molar-refractivity contribution >= 4 is 11.8 Å². The molecule has 2 amide bonds. The number of nitrogens with one attached hydrogen (secondary N) is 2. The fraction of sp³-hybridized carbons (Fsp3) is 0.857. The van der Waals surface area contributed by atoms with Crippen molar-refractivity contribution in [2.45, 2.75) is 45.6 Å². The van der Waals surface area contributed by atoms with Crippen LogP contribution in [0.15, 0.2) is 0 Å². The van der Waals surface area contributed by atoms with E-state index in [9.17, 15) is 9.59 Å².